The lowest BCUT2D eigenvalue weighted by molar-refractivity contribution is -0.140. The maximum absolute atomic E-state index is 14.2. The number of nitrogens with zero attached hydrogens (tertiary/aromatic N) is 2. The standard InChI is InChI=1S/C18H21F2N3OS/c19-18(20,14-8-4-3-5-9-14)16(24)22-17-21-15(13-25-17)12-23-10-6-1-2-7-11-23/h3-5,8-9,13H,1-2,6-7,10-12H2,(H,21,22,24). The summed E-state index contributed by atoms with van der Waals surface area (Å²) in [5.74, 6) is -4.94. The summed E-state index contributed by atoms with van der Waals surface area (Å²) in [6, 6.07) is 7.09. The number of halogens is 2. The number of nitrogens with one attached hydrogen (secondary N) is 1. The van der Waals surface area contributed by atoms with Gasteiger partial charge in [0.2, 0.25) is 0 Å². The number of amides is 1. The summed E-state index contributed by atoms with van der Waals surface area (Å²) in [7, 11) is 0. The van der Waals surface area contributed by atoms with Crippen LogP contribution in [0.2, 0.25) is 0 Å². The monoisotopic (exact) mass is 365 g/mol. The molecule has 4 nitrogen and oxygen atoms in total. The van der Waals surface area contributed by atoms with Crippen LogP contribution in [0.15, 0.2) is 35.7 Å². The van der Waals surface area contributed by atoms with Gasteiger partial charge >= 0.3 is 11.8 Å². The van der Waals surface area contributed by atoms with E-state index in [1.165, 1.54) is 61.3 Å². The van der Waals surface area contributed by atoms with Crippen molar-refractivity contribution in [3.63, 3.8) is 0 Å². The van der Waals surface area contributed by atoms with Crippen LogP contribution in [0, 0.1) is 0 Å². The molecule has 7 heteroatoms. The predicted molar refractivity (Wildman–Crippen MR) is 94.8 cm³/mol. The molecule has 1 saturated heterocycles. The molecule has 0 saturated carbocycles. The van der Waals surface area contributed by atoms with E-state index in [0.29, 0.717) is 6.54 Å². The summed E-state index contributed by atoms with van der Waals surface area (Å²) in [6.07, 6.45) is 4.86. The maximum Gasteiger partial charge on any atom is 0.350 e. The lowest BCUT2D eigenvalue weighted by atomic mass is 10.1. The minimum Gasteiger partial charge on any atom is -0.297 e. The first kappa shape index (κ1) is 17.9. The highest BCUT2D eigenvalue weighted by Crippen LogP contribution is 2.30. The second kappa shape index (κ2) is 8.01. The minimum atomic E-state index is -3.59. The number of thiazole rings is 1. The highest BCUT2D eigenvalue weighted by Gasteiger charge is 2.41. The number of alkyl halides is 2. The molecule has 1 N–H and O–H groups in total. The van der Waals surface area contributed by atoms with Gasteiger partial charge in [-0.25, -0.2) is 4.98 Å². The van der Waals surface area contributed by atoms with Crippen LogP contribution in [-0.4, -0.2) is 28.9 Å². The van der Waals surface area contributed by atoms with Crippen LogP contribution in [-0.2, 0) is 17.3 Å². The zero-order valence-corrected chi connectivity index (χ0v) is 14.7. The Hall–Kier alpha value is -1.86. The van der Waals surface area contributed by atoms with Crippen LogP contribution in [0.4, 0.5) is 13.9 Å². The molecular weight excluding hydrogens is 344 g/mol. The average molecular weight is 365 g/mol. The van der Waals surface area contributed by atoms with Crippen molar-refractivity contribution in [2.45, 2.75) is 38.2 Å². The van der Waals surface area contributed by atoms with Crippen LogP contribution in [0.3, 0.4) is 0 Å². The van der Waals surface area contributed by atoms with Crippen molar-refractivity contribution in [1.82, 2.24) is 9.88 Å². The first-order chi connectivity index (χ1) is 12.1. The van der Waals surface area contributed by atoms with Gasteiger partial charge in [0.15, 0.2) is 5.13 Å². The maximum atomic E-state index is 14.2. The Labute approximate surface area is 149 Å². The second-order valence-corrected chi connectivity index (χ2v) is 7.09. The van der Waals surface area contributed by atoms with Crippen LogP contribution in [0.5, 0.6) is 0 Å². The quantitative estimate of drug-likeness (QED) is 0.862. The number of hydrogen-bond acceptors (Lipinski definition) is 4. The third-order valence-electron chi connectivity index (χ3n) is 4.28. The molecule has 0 aliphatic carbocycles. The van der Waals surface area contributed by atoms with Crippen LogP contribution in [0.25, 0.3) is 0 Å². The third kappa shape index (κ3) is 4.61. The summed E-state index contributed by atoms with van der Waals surface area (Å²) >= 11 is 1.18. The van der Waals surface area contributed by atoms with Crippen molar-refractivity contribution in [3.05, 3.63) is 47.0 Å². The van der Waals surface area contributed by atoms with Gasteiger partial charge in [-0.3, -0.25) is 15.0 Å². The Balaban J connectivity index is 1.61. The fourth-order valence-electron chi connectivity index (χ4n) is 2.91. The van der Waals surface area contributed by atoms with Crippen LogP contribution >= 0.6 is 11.3 Å². The van der Waals surface area contributed by atoms with Crippen LogP contribution < -0.4 is 5.32 Å². The molecule has 0 spiro atoms. The fourth-order valence-corrected chi connectivity index (χ4v) is 3.61. The SMILES string of the molecule is O=C(Nc1nc(CN2CCCCCC2)cs1)C(F)(F)c1ccccc1. The number of carbonyl (C=O) groups excluding carboxylic acids is 1. The molecule has 0 bridgehead atoms. The van der Waals surface area contributed by atoms with E-state index in [0.717, 1.165) is 18.8 Å². The number of likely N-dealkylation sites (tertiary alicyclic amines) is 1. The number of rotatable bonds is 5. The van der Waals surface area contributed by atoms with E-state index in [9.17, 15) is 13.6 Å². The van der Waals surface area contributed by atoms with E-state index in [1.54, 1.807) is 6.07 Å². The molecule has 0 atom stereocenters. The first-order valence-corrected chi connectivity index (χ1v) is 9.35. The van der Waals surface area contributed by atoms with Crippen molar-refractivity contribution in [3.8, 4) is 0 Å². The van der Waals surface area contributed by atoms with Crippen molar-refractivity contribution in [1.29, 1.82) is 0 Å². The highest BCUT2D eigenvalue weighted by atomic mass is 32.1. The molecule has 1 fully saturated rings. The smallest absolute Gasteiger partial charge is 0.297 e. The molecular formula is C18H21F2N3OS. The fraction of sp³-hybridized carbons (Fsp3) is 0.444. The second-order valence-electron chi connectivity index (χ2n) is 6.23. The van der Waals surface area contributed by atoms with E-state index >= 15 is 0 Å². The van der Waals surface area contributed by atoms with Gasteiger partial charge in [-0.05, 0) is 25.9 Å². The molecule has 25 heavy (non-hydrogen) atoms. The zero-order valence-electron chi connectivity index (χ0n) is 13.9. The number of benzene rings is 1. The molecule has 0 unspecified atom stereocenters. The predicted octanol–water partition coefficient (Wildman–Crippen LogP) is 4.25. The number of anilines is 1. The van der Waals surface area contributed by atoms with Crippen molar-refractivity contribution < 1.29 is 13.6 Å². The summed E-state index contributed by atoms with van der Waals surface area (Å²) in [6.45, 7) is 2.76. The van der Waals surface area contributed by atoms with Gasteiger partial charge in [0.05, 0.1) is 5.69 Å². The zero-order chi connectivity index (χ0) is 17.7. The van der Waals surface area contributed by atoms with Gasteiger partial charge in [-0.15, -0.1) is 11.3 Å². The number of aromatic nitrogens is 1. The van der Waals surface area contributed by atoms with E-state index < -0.39 is 11.8 Å². The normalized spacial score (nSPS) is 16.4. The van der Waals surface area contributed by atoms with Gasteiger partial charge in [0.25, 0.3) is 0 Å². The largest absolute Gasteiger partial charge is 0.350 e. The summed E-state index contributed by atoms with van der Waals surface area (Å²) in [4.78, 5) is 18.6. The summed E-state index contributed by atoms with van der Waals surface area (Å²) in [5, 5.41) is 4.28. The molecule has 1 aromatic carbocycles. The Morgan fingerprint density at radius 2 is 1.84 bits per heavy atom. The molecule has 2 heterocycles. The van der Waals surface area contributed by atoms with Crippen LogP contribution in [0.1, 0.15) is 36.9 Å². The van der Waals surface area contributed by atoms with E-state index in [4.69, 9.17) is 0 Å². The Morgan fingerprint density at radius 1 is 1.16 bits per heavy atom. The van der Waals surface area contributed by atoms with Crippen molar-refractivity contribution >= 4 is 22.4 Å². The van der Waals surface area contributed by atoms with Crippen molar-refractivity contribution in [2.75, 3.05) is 18.4 Å². The molecule has 0 radical (unpaired) electrons. The summed E-state index contributed by atoms with van der Waals surface area (Å²) < 4.78 is 28.4. The van der Waals surface area contributed by atoms with E-state index in [2.05, 4.69) is 15.2 Å². The van der Waals surface area contributed by atoms with Gasteiger partial charge in [0.1, 0.15) is 0 Å². The third-order valence-corrected chi connectivity index (χ3v) is 5.08. The minimum absolute atomic E-state index is 0.213. The first-order valence-electron chi connectivity index (χ1n) is 8.47. The lowest BCUT2D eigenvalue weighted by Crippen LogP contribution is -2.32. The van der Waals surface area contributed by atoms with E-state index in [1.807, 2.05) is 5.38 Å². The molecule has 1 aliphatic heterocycles. The topological polar surface area (TPSA) is 45.2 Å². The van der Waals surface area contributed by atoms with Gasteiger partial charge in [-0.1, -0.05) is 43.2 Å². The Morgan fingerprint density at radius 3 is 2.52 bits per heavy atom. The molecule has 1 aliphatic rings. The highest BCUT2D eigenvalue weighted by molar-refractivity contribution is 7.13. The molecule has 134 valence electrons. The van der Waals surface area contributed by atoms with Gasteiger partial charge in [-0.2, -0.15) is 8.78 Å². The lowest BCUT2D eigenvalue weighted by Gasteiger charge is -2.18. The molecule has 1 aromatic heterocycles. The summed E-state index contributed by atoms with van der Waals surface area (Å²) in [5.41, 5.74) is 0.485. The number of carbonyl (C=O) groups is 1. The van der Waals surface area contributed by atoms with Gasteiger partial charge < -0.3 is 0 Å². The van der Waals surface area contributed by atoms with Gasteiger partial charge in [0, 0.05) is 17.5 Å². The Kier molecular flexibility index (Phi) is 5.75. The van der Waals surface area contributed by atoms with E-state index in [-0.39, 0.29) is 10.7 Å². The molecule has 3 rings (SSSR count). The molecule has 2 aromatic rings. The average Bonchev–Trinajstić information content (AvgIpc) is 2.88. The molecule has 1 amide bonds. The van der Waals surface area contributed by atoms with Crippen molar-refractivity contribution in [2.24, 2.45) is 0 Å². The Bertz CT molecular complexity index is 697. The number of hydrogen-bond donors (Lipinski definition) is 1.